The lowest BCUT2D eigenvalue weighted by atomic mass is 10.8. The Labute approximate surface area is 44.8 Å². The fourth-order valence-electron chi connectivity index (χ4n) is 0.276. The summed E-state index contributed by atoms with van der Waals surface area (Å²) in [5.41, 5.74) is 0. The van der Waals surface area contributed by atoms with Crippen LogP contribution in [0.3, 0.4) is 0 Å². The molecule has 1 heterocycles. The molecule has 0 fully saturated rings. The summed E-state index contributed by atoms with van der Waals surface area (Å²) in [4.78, 5) is 4.02. The van der Waals surface area contributed by atoms with Crippen molar-refractivity contribution in [3.05, 3.63) is 6.67 Å². The van der Waals surface area contributed by atoms with E-state index in [0.29, 0.717) is 0 Å². The minimum absolute atomic E-state index is 0.262. The minimum atomic E-state index is 0.262. The molecule has 0 aromatic heterocycles. The van der Waals surface area contributed by atoms with Gasteiger partial charge < -0.3 is 0 Å². The van der Waals surface area contributed by atoms with Crippen LogP contribution in [0.5, 0.6) is 0 Å². The normalized spacial score (nSPS) is 31.8. The van der Waals surface area contributed by atoms with Crippen LogP contribution in [0.15, 0.2) is 4.99 Å². The Morgan fingerprint density at radius 3 is 2.83 bits per heavy atom. The second-order valence-electron chi connectivity index (χ2n) is 0.996. The number of hydrogen-bond donors (Lipinski definition) is 1. The van der Waals surface area contributed by atoms with E-state index in [-0.39, 0.29) is 4.95 Å². The first-order valence-corrected chi connectivity index (χ1v) is 2.56. The van der Waals surface area contributed by atoms with Crippen molar-refractivity contribution < 1.29 is 0 Å². The highest BCUT2D eigenvalue weighted by atomic mass is 79.9. The van der Waals surface area contributed by atoms with E-state index >= 15 is 0 Å². The summed E-state index contributed by atoms with van der Waals surface area (Å²) < 4.78 is 0. The van der Waals surface area contributed by atoms with Crippen LogP contribution in [-0.2, 0) is 0 Å². The largest absolute Gasteiger partial charge is 0.276 e. The van der Waals surface area contributed by atoms with Gasteiger partial charge in [-0.05, 0) is 0 Å². The van der Waals surface area contributed by atoms with E-state index in [0.717, 1.165) is 0 Å². The van der Waals surface area contributed by atoms with Crippen LogP contribution in [0.25, 0.3) is 0 Å². The van der Waals surface area contributed by atoms with Crippen molar-refractivity contribution in [2.45, 2.75) is 4.95 Å². The van der Waals surface area contributed by atoms with Gasteiger partial charge in [0.1, 0.15) is 11.6 Å². The molecule has 0 amide bonds. The SMILES string of the molecule is BrC1C=N[CH]N1. The smallest absolute Gasteiger partial charge is 0.136 e. The molecule has 1 radical (unpaired) electrons. The summed E-state index contributed by atoms with van der Waals surface area (Å²) in [6.07, 6.45) is 1.78. The fourth-order valence-corrected chi connectivity index (χ4v) is 0.531. The molecule has 0 aromatic carbocycles. The molecule has 1 atom stereocenters. The molecule has 1 N–H and O–H groups in total. The molecule has 2 nitrogen and oxygen atoms in total. The van der Waals surface area contributed by atoms with Crippen LogP contribution >= 0.6 is 15.9 Å². The van der Waals surface area contributed by atoms with E-state index in [1.54, 1.807) is 12.9 Å². The Morgan fingerprint density at radius 1 is 1.83 bits per heavy atom. The van der Waals surface area contributed by atoms with Gasteiger partial charge in [-0.2, -0.15) is 0 Å². The first kappa shape index (κ1) is 4.27. The molecule has 0 spiro atoms. The van der Waals surface area contributed by atoms with Crippen molar-refractivity contribution in [2.24, 2.45) is 4.99 Å². The second-order valence-corrected chi connectivity index (χ2v) is 1.98. The number of hydrogen-bond acceptors (Lipinski definition) is 2. The summed E-state index contributed by atoms with van der Waals surface area (Å²) >= 11 is 3.25. The number of halogens is 1. The first-order chi connectivity index (χ1) is 2.89. The van der Waals surface area contributed by atoms with Gasteiger partial charge in [0, 0.05) is 6.21 Å². The average molecular weight is 148 g/mol. The number of nitrogens with zero attached hydrogens (tertiary/aromatic N) is 1. The van der Waals surface area contributed by atoms with Crippen molar-refractivity contribution >= 4 is 22.1 Å². The van der Waals surface area contributed by atoms with Crippen molar-refractivity contribution in [3.8, 4) is 0 Å². The topological polar surface area (TPSA) is 24.4 Å². The van der Waals surface area contributed by atoms with Crippen LogP contribution in [0, 0.1) is 6.67 Å². The molecule has 1 aliphatic rings. The van der Waals surface area contributed by atoms with Gasteiger partial charge in [0.2, 0.25) is 0 Å². The monoisotopic (exact) mass is 147 g/mol. The van der Waals surface area contributed by atoms with Gasteiger partial charge in [0.25, 0.3) is 0 Å². The third-order valence-electron chi connectivity index (χ3n) is 0.525. The molecule has 1 aliphatic heterocycles. The maximum Gasteiger partial charge on any atom is 0.136 e. The quantitative estimate of drug-likeness (QED) is 0.392. The number of nitrogens with one attached hydrogen (secondary N) is 1. The lowest BCUT2D eigenvalue weighted by molar-refractivity contribution is 0.934. The van der Waals surface area contributed by atoms with Crippen LogP contribution in [0.1, 0.15) is 0 Å². The lowest BCUT2D eigenvalue weighted by Gasteiger charge is -1.88. The highest BCUT2D eigenvalue weighted by molar-refractivity contribution is 9.09. The van der Waals surface area contributed by atoms with E-state index in [9.17, 15) is 0 Å². The molecule has 0 aromatic rings. The molecular weight excluding hydrogens is 144 g/mol. The Balaban J connectivity index is 2.38. The molecule has 3 heteroatoms. The van der Waals surface area contributed by atoms with Gasteiger partial charge >= 0.3 is 0 Å². The van der Waals surface area contributed by atoms with Gasteiger partial charge in [-0.25, -0.2) is 0 Å². The highest BCUT2D eigenvalue weighted by Crippen LogP contribution is 1.96. The summed E-state index contributed by atoms with van der Waals surface area (Å²) in [6, 6.07) is 0. The van der Waals surface area contributed by atoms with E-state index < -0.39 is 0 Å². The standard InChI is InChI=1S/C3H4BrN2/c4-3-1-5-2-6-3/h1-3,6H. The van der Waals surface area contributed by atoms with Gasteiger partial charge in [-0.15, -0.1) is 0 Å². The molecule has 33 valence electrons. The molecule has 1 unspecified atom stereocenters. The predicted octanol–water partition coefficient (Wildman–Crippen LogP) is 0.501. The van der Waals surface area contributed by atoms with Crippen LogP contribution in [0.4, 0.5) is 0 Å². The molecule has 1 rings (SSSR count). The van der Waals surface area contributed by atoms with Crippen molar-refractivity contribution in [1.82, 2.24) is 5.32 Å². The Morgan fingerprint density at radius 2 is 2.67 bits per heavy atom. The molecule has 6 heavy (non-hydrogen) atoms. The maximum absolute atomic E-state index is 3.76. The number of rotatable bonds is 0. The van der Waals surface area contributed by atoms with Gasteiger partial charge in [-0.3, -0.25) is 10.3 Å². The molecule has 0 saturated carbocycles. The van der Waals surface area contributed by atoms with Crippen molar-refractivity contribution in [3.63, 3.8) is 0 Å². The highest BCUT2D eigenvalue weighted by Gasteiger charge is 2.00. The zero-order valence-corrected chi connectivity index (χ0v) is 4.64. The van der Waals surface area contributed by atoms with E-state index in [2.05, 4.69) is 26.2 Å². The van der Waals surface area contributed by atoms with Crippen LogP contribution in [-0.4, -0.2) is 11.2 Å². The van der Waals surface area contributed by atoms with E-state index in [1.807, 2.05) is 0 Å². The Bertz CT molecular complexity index is 71.2. The summed E-state index contributed by atoms with van der Waals surface area (Å²) in [5.74, 6) is 0. The zero-order valence-electron chi connectivity index (χ0n) is 3.06. The third-order valence-corrected chi connectivity index (χ3v) is 1.03. The Kier molecular flexibility index (Phi) is 1.22. The molecule has 0 bridgehead atoms. The number of alkyl halides is 1. The molecule has 0 saturated heterocycles. The zero-order chi connectivity index (χ0) is 4.41. The molecular formula is C3H4BrN2. The number of aliphatic imine (C=N–C) groups is 1. The van der Waals surface area contributed by atoms with Gasteiger partial charge in [0.15, 0.2) is 0 Å². The average Bonchev–Trinajstić information content (AvgIpc) is 1.86. The van der Waals surface area contributed by atoms with Crippen LogP contribution in [0.2, 0.25) is 0 Å². The maximum atomic E-state index is 3.76. The first-order valence-electron chi connectivity index (χ1n) is 1.65. The third kappa shape index (κ3) is 0.786. The second kappa shape index (κ2) is 1.71. The molecule has 0 aliphatic carbocycles. The Hall–Kier alpha value is 0.110. The van der Waals surface area contributed by atoms with Crippen LogP contribution < -0.4 is 5.32 Å². The summed E-state index contributed by atoms with van der Waals surface area (Å²) in [7, 11) is 0. The van der Waals surface area contributed by atoms with Crippen molar-refractivity contribution in [1.29, 1.82) is 0 Å². The van der Waals surface area contributed by atoms with Gasteiger partial charge in [0.05, 0.1) is 0 Å². The van der Waals surface area contributed by atoms with E-state index in [4.69, 9.17) is 0 Å². The van der Waals surface area contributed by atoms with Gasteiger partial charge in [-0.1, -0.05) is 15.9 Å². The predicted molar refractivity (Wildman–Crippen MR) is 28.6 cm³/mol. The van der Waals surface area contributed by atoms with Crippen molar-refractivity contribution in [2.75, 3.05) is 0 Å². The lowest BCUT2D eigenvalue weighted by Crippen LogP contribution is -2.13. The summed E-state index contributed by atoms with van der Waals surface area (Å²) in [5, 5.41) is 2.89. The minimum Gasteiger partial charge on any atom is -0.276 e. The summed E-state index contributed by atoms with van der Waals surface area (Å²) in [6.45, 7) is 1.65. The fraction of sp³-hybridized carbons (Fsp3) is 0.333. The van der Waals surface area contributed by atoms with E-state index in [1.165, 1.54) is 0 Å².